The molecule has 5 heteroatoms. The van der Waals surface area contributed by atoms with E-state index in [0.717, 1.165) is 16.8 Å². The molecule has 116 valence electrons. The second-order valence-electron chi connectivity index (χ2n) is 5.00. The lowest BCUT2D eigenvalue weighted by atomic mass is 9.95. The molecule has 0 aliphatic heterocycles. The highest BCUT2D eigenvalue weighted by atomic mass is 16.5. The van der Waals surface area contributed by atoms with Crippen molar-refractivity contribution in [1.29, 1.82) is 5.41 Å². The highest BCUT2D eigenvalue weighted by Gasteiger charge is 2.15. The van der Waals surface area contributed by atoms with Gasteiger partial charge < -0.3 is 14.5 Å². The molecule has 2 aromatic rings. The van der Waals surface area contributed by atoms with E-state index < -0.39 is 0 Å². The SMILES string of the molecule is CCc1[nH]c(=O)cc(C)c1C(=N)c1cc(OC)cc(OC)c1. The molecule has 2 N–H and O–H groups in total. The molecular weight excluding hydrogens is 280 g/mol. The van der Waals surface area contributed by atoms with Gasteiger partial charge in [0.25, 0.3) is 0 Å². The minimum absolute atomic E-state index is 0.144. The minimum Gasteiger partial charge on any atom is -0.497 e. The molecule has 0 saturated carbocycles. The van der Waals surface area contributed by atoms with Crippen molar-refractivity contribution >= 4 is 5.71 Å². The molecule has 22 heavy (non-hydrogen) atoms. The maximum absolute atomic E-state index is 11.6. The molecule has 0 unspecified atom stereocenters. The summed E-state index contributed by atoms with van der Waals surface area (Å²) in [5.41, 5.74) is 3.17. The number of aromatic amines is 1. The molecule has 5 nitrogen and oxygen atoms in total. The van der Waals surface area contributed by atoms with Gasteiger partial charge in [0.15, 0.2) is 0 Å². The molecule has 2 rings (SSSR count). The van der Waals surface area contributed by atoms with Crippen LogP contribution in [-0.2, 0) is 6.42 Å². The lowest BCUT2D eigenvalue weighted by Gasteiger charge is -2.14. The van der Waals surface area contributed by atoms with E-state index in [4.69, 9.17) is 14.9 Å². The van der Waals surface area contributed by atoms with Gasteiger partial charge in [0, 0.05) is 29.0 Å². The topological polar surface area (TPSA) is 75.2 Å². The fourth-order valence-corrected chi connectivity index (χ4v) is 2.46. The van der Waals surface area contributed by atoms with E-state index >= 15 is 0 Å². The third-order valence-corrected chi connectivity index (χ3v) is 3.56. The first-order chi connectivity index (χ1) is 10.5. The first kappa shape index (κ1) is 15.8. The standard InChI is InChI=1S/C17H20N2O3/c1-5-14-16(10(2)6-15(20)19-14)17(18)11-7-12(21-3)9-13(8-11)22-4/h6-9,18H,5H2,1-4H3,(H,19,20). The van der Waals surface area contributed by atoms with Crippen molar-refractivity contribution in [3.05, 3.63) is 57.0 Å². The molecule has 0 aliphatic carbocycles. The van der Waals surface area contributed by atoms with Crippen molar-refractivity contribution in [3.8, 4) is 11.5 Å². The van der Waals surface area contributed by atoms with Crippen LogP contribution < -0.4 is 15.0 Å². The number of benzene rings is 1. The Balaban J connectivity index is 2.60. The van der Waals surface area contributed by atoms with Gasteiger partial charge in [-0.3, -0.25) is 10.2 Å². The van der Waals surface area contributed by atoms with Gasteiger partial charge in [-0.1, -0.05) is 6.92 Å². The molecule has 0 radical (unpaired) electrons. The number of pyridine rings is 1. The van der Waals surface area contributed by atoms with E-state index in [-0.39, 0.29) is 5.56 Å². The maximum Gasteiger partial charge on any atom is 0.248 e. The molecule has 0 fully saturated rings. The van der Waals surface area contributed by atoms with Crippen LogP contribution in [0, 0.1) is 12.3 Å². The number of nitrogens with one attached hydrogen (secondary N) is 2. The Kier molecular flexibility index (Phi) is 4.65. The van der Waals surface area contributed by atoms with Crippen molar-refractivity contribution < 1.29 is 9.47 Å². The number of ether oxygens (including phenoxy) is 2. The number of aromatic nitrogens is 1. The lowest BCUT2D eigenvalue weighted by molar-refractivity contribution is 0.394. The van der Waals surface area contributed by atoms with Crippen LogP contribution in [0.15, 0.2) is 29.1 Å². The van der Waals surface area contributed by atoms with Gasteiger partial charge in [0.05, 0.1) is 19.9 Å². The second-order valence-corrected chi connectivity index (χ2v) is 5.00. The summed E-state index contributed by atoms with van der Waals surface area (Å²) in [6.07, 6.45) is 0.649. The van der Waals surface area contributed by atoms with Crippen LogP contribution in [0.4, 0.5) is 0 Å². The average molecular weight is 300 g/mol. The molecule has 0 atom stereocenters. The molecule has 0 saturated heterocycles. The quantitative estimate of drug-likeness (QED) is 0.834. The number of aryl methyl sites for hydroxylation is 2. The van der Waals surface area contributed by atoms with Gasteiger partial charge in [-0.25, -0.2) is 0 Å². The minimum atomic E-state index is -0.144. The summed E-state index contributed by atoms with van der Waals surface area (Å²) in [7, 11) is 3.15. The summed E-state index contributed by atoms with van der Waals surface area (Å²) in [5, 5.41) is 8.54. The number of hydrogen-bond acceptors (Lipinski definition) is 4. The average Bonchev–Trinajstić information content (AvgIpc) is 2.52. The normalized spacial score (nSPS) is 10.4. The van der Waals surface area contributed by atoms with Gasteiger partial charge in [-0.05, 0) is 31.0 Å². The Labute approximate surface area is 129 Å². The predicted molar refractivity (Wildman–Crippen MR) is 86.7 cm³/mol. The van der Waals surface area contributed by atoms with E-state index in [1.165, 1.54) is 6.07 Å². The van der Waals surface area contributed by atoms with Gasteiger partial charge in [-0.15, -0.1) is 0 Å². The van der Waals surface area contributed by atoms with E-state index in [1.54, 1.807) is 32.4 Å². The fourth-order valence-electron chi connectivity index (χ4n) is 2.46. The Morgan fingerprint density at radius 3 is 2.23 bits per heavy atom. The van der Waals surface area contributed by atoms with Gasteiger partial charge >= 0.3 is 0 Å². The van der Waals surface area contributed by atoms with Gasteiger partial charge in [0.1, 0.15) is 11.5 Å². The molecule has 1 aromatic heterocycles. The summed E-state index contributed by atoms with van der Waals surface area (Å²) < 4.78 is 10.5. The summed E-state index contributed by atoms with van der Waals surface area (Å²) >= 11 is 0. The molecule has 0 amide bonds. The zero-order valence-corrected chi connectivity index (χ0v) is 13.2. The van der Waals surface area contributed by atoms with Crippen molar-refractivity contribution in [1.82, 2.24) is 4.98 Å². The number of H-pyrrole nitrogens is 1. The van der Waals surface area contributed by atoms with E-state index in [0.29, 0.717) is 29.2 Å². The Morgan fingerprint density at radius 2 is 1.73 bits per heavy atom. The molecule has 1 aromatic carbocycles. The summed E-state index contributed by atoms with van der Waals surface area (Å²) in [4.78, 5) is 14.4. The monoisotopic (exact) mass is 300 g/mol. The number of methoxy groups -OCH3 is 2. The van der Waals surface area contributed by atoms with Crippen molar-refractivity contribution in [2.75, 3.05) is 14.2 Å². The maximum atomic E-state index is 11.6. The number of hydrogen-bond donors (Lipinski definition) is 2. The molecule has 1 heterocycles. The van der Waals surface area contributed by atoms with Crippen LogP contribution in [0.5, 0.6) is 11.5 Å². The Morgan fingerprint density at radius 1 is 1.14 bits per heavy atom. The van der Waals surface area contributed by atoms with Crippen LogP contribution in [0.2, 0.25) is 0 Å². The van der Waals surface area contributed by atoms with Gasteiger partial charge in [0.2, 0.25) is 5.56 Å². The lowest BCUT2D eigenvalue weighted by Crippen LogP contribution is -2.16. The first-order valence-corrected chi connectivity index (χ1v) is 7.05. The zero-order chi connectivity index (χ0) is 16.3. The molecule has 0 aliphatic rings. The third kappa shape index (κ3) is 3.03. The number of rotatable bonds is 5. The van der Waals surface area contributed by atoms with E-state index in [2.05, 4.69) is 4.98 Å². The highest BCUT2D eigenvalue weighted by molar-refractivity contribution is 6.12. The van der Waals surface area contributed by atoms with Gasteiger partial charge in [-0.2, -0.15) is 0 Å². The van der Waals surface area contributed by atoms with Crippen LogP contribution in [0.3, 0.4) is 0 Å². The third-order valence-electron chi connectivity index (χ3n) is 3.56. The summed E-state index contributed by atoms with van der Waals surface area (Å²) in [6.45, 7) is 3.79. The van der Waals surface area contributed by atoms with E-state index in [1.807, 2.05) is 13.8 Å². The van der Waals surface area contributed by atoms with Crippen molar-refractivity contribution in [2.24, 2.45) is 0 Å². The second kappa shape index (κ2) is 6.47. The molecule has 0 spiro atoms. The van der Waals surface area contributed by atoms with Crippen LogP contribution >= 0.6 is 0 Å². The first-order valence-electron chi connectivity index (χ1n) is 7.05. The largest absolute Gasteiger partial charge is 0.497 e. The zero-order valence-electron chi connectivity index (χ0n) is 13.2. The predicted octanol–water partition coefficient (Wildman–Crippen LogP) is 2.68. The summed E-state index contributed by atoms with van der Waals surface area (Å²) in [6, 6.07) is 6.85. The fraction of sp³-hybridized carbons (Fsp3) is 0.294. The smallest absolute Gasteiger partial charge is 0.248 e. The Bertz CT molecular complexity index is 741. The van der Waals surface area contributed by atoms with Crippen LogP contribution in [-0.4, -0.2) is 24.9 Å². The highest BCUT2D eigenvalue weighted by Crippen LogP contribution is 2.25. The molecular formula is C17H20N2O3. The van der Waals surface area contributed by atoms with Crippen LogP contribution in [0.1, 0.15) is 29.3 Å². The molecule has 0 bridgehead atoms. The Hall–Kier alpha value is -2.56. The van der Waals surface area contributed by atoms with Crippen molar-refractivity contribution in [3.63, 3.8) is 0 Å². The van der Waals surface area contributed by atoms with E-state index in [9.17, 15) is 4.79 Å². The summed E-state index contributed by atoms with van der Waals surface area (Å²) in [5.74, 6) is 1.25. The van der Waals surface area contributed by atoms with Crippen molar-refractivity contribution in [2.45, 2.75) is 20.3 Å². The van der Waals surface area contributed by atoms with Crippen LogP contribution in [0.25, 0.3) is 0 Å².